The topological polar surface area (TPSA) is 68.0 Å². The van der Waals surface area contributed by atoms with Crippen molar-refractivity contribution in [2.45, 2.75) is 0 Å². The standard InChI is InChI=1S/C12H9BrFN3O/c13-9-6-10(14)11(15)5-8(9)12(18)17-7-1-3-16-4-2-7/h1-6H,15H2,(H,16,17,18). The molecule has 6 heteroatoms. The van der Waals surface area contributed by atoms with Crippen LogP contribution in [-0.2, 0) is 0 Å². The summed E-state index contributed by atoms with van der Waals surface area (Å²) in [6.45, 7) is 0. The van der Waals surface area contributed by atoms with E-state index in [4.69, 9.17) is 5.73 Å². The van der Waals surface area contributed by atoms with E-state index in [2.05, 4.69) is 26.2 Å². The molecule has 92 valence electrons. The number of carbonyl (C=O) groups excluding carboxylic acids is 1. The molecule has 0 atom stereocenters. The van der Waals surface area contributed by atoms with Crippen LogP contribution in [0.25, 0.3) is 0 Å². The molecule has 3 N–H and O–H groups in total. The van der Waals surface area contributed by atoms with Crippen molar-refractivity contribution in [2.75, 3.05) is 11.1 Å². The number of anilines is 2. The molecule has 1 aromatic carbocycles. The highest BCUT2D eigenvalue weighted by Gasteiger charge is 2.13. The van der Waals surface area contributed by atoms with Crippen molar-refractivity contribution < 1.29 is 9.18 Å². The predicted molar refractivity (Wildman–Crippen MR) is 70.7 cm³/mol. The van der Waals surface area contributed by atoms with Crippen molar-refractivity contribution >= 4 is 33.2 Å². The Morgan fingerprint density at radius 3 is 2.67 bits per heavy atom. The van der Waals surface area contributed by atoms with Crippen LogP contribution in [0.15, 0.2) is 41.1 Å². The van der Waals surface area contributed by atoms with Gasteiger partial charge in [0, 0.05) is 22.6 Å². The number of nitrogens with one attached hydrogen (secondary N) is 1. The number of nitrogens with two attached hydrogens (primary N) is 1. The summed E-state index contributed by atoms with van der Waals surface area (Å²) in [6, 6.07) is 5.75. The van der Waals surface area contributed by atoms with Gasteiger partial charge in [0.2, 0.25) is 0 Å². The molecular weight excluding hydrogens is 301 g/mol. The second-order valence-corrected chi connectivity index (χ2v) is 4.40. The zero-order valence-corrected chi connectivity index (χ0v) is 10.7. The average molecular weight is 310 g/mol. The maximum absolute atomic E-state index is 13.2. The van der Waals surface area contributed by atoms with Gasteiger partial charge in [-0.1, -0.05) is 0 Å². The van der Waals surface area contributed by atoms with Gasteiger partial charge in [-0.15, -0.1) is 0 Å². The van der Waals surface area contributed by atoms with Gasteiger partial charge in [0.05, 0.1) is 11.3 Å². The molecule has 0 bridgehead atoms. The van der Waals surface area contributed by atoms with E-state index in [1.54, 1.807) is 24.5 Å². The minimum absolute atomic E-state index is 0.0712. The lowest BCUT2D eigenvalue weighted by Crippen LogP contribution is -2.13. The van der Waals surface area contributed by atoms with Gasteiger partial charge in [0.25, 0.3) is 5.91 Å². The largest absolute Gasteiger partial charge is 0.396 e. The predicted octanol–water partition coefficient (Wildman–Crippen LogP) is 2.82. The second kappa shape index (κ2) is 5.14. The number of nitrogen functional groups attached to an aromatic ring is 1. The van der Waals surface area contributed by atoms with Crippen LogP contribution in [0.1, 0.15) is 10.4 Å². The van der Waals surface area contributed by atoms with Gasteiger partial charge in [-0.2, -0.15) is 0 Å². The molecule has 2 aromatic rings. The minimum atomic E-state index is -0.567. The Morgan fingerprint density at radius 2 is 2.00 bits per heavy atom. The fraction of sp³-hybridized carbons (Fsp3) is 0. The highest BCUT2D eigenvalue weighted by atomic mass is 79.9. The summed E-state index contributed by atoms with van der Waals surface area (Å²) >= 11 is 3.13. The quantitative estimate of drug-likeness (QED) is 0.838. The number of halogens is 2. The van der Waals surface area contributed by atoms with Crippen LogP contribution < -0.4 is 11.1 Å². The second-order valence-electron chi connectivity index (χ2n) is 3.54. The van der Waals surface area contributed by atoms with Crippen LogP contribution in [0.2, 0.25) is 0 Å². The van der Waals surface area contributed by atoms with Gasteiger partial charge >= 0.3 is 0 Å². The van der Waals surface area contributed by atoms with E-state index in [1.165, 1.54) is 6.07 Å². The molecule has 0 saturated heterocycles. The first-order valence-electron chi connectivity index (χ1n) is 5.04. The first-order valence-corrected chi connectivity index (χ1v) is 5.83. The van der Waals surface area contributed by atoms with Gasteiger partial charge in [0.1, 0.15) is 5.82 Å². The summed E-state index contributed by atoms with van der Waals surface area (Å²) in [4.78, 5) is 15.8. The molecule has 0 unspecified atom stereocenters. The number of hydrogen-bond acceptors (Lipinski definition) is 3. The smallest absolute Gasteiger partial charge is 0.256 e. The van der Waals surface area contributed by atoms with E-state index in [1.807, 2.05) is 0 Å². The number of pyridine rings is 1. The molecule has 1 aromatic heterocycles. The third-order valence-electron chi connectivity index (χ3n) is 2.27. The number of aromatic nitrogens is 1. The van der Waals surface area contributed by atoms with Gasteiger partial charge in [0.15, 0.2) is 0 Å². The summed E-state index contributed by atoms with van der Waals surface area (Å²) in [5.41, 5.74) is 6.23. The lowest BCUT2D eigenvalue weighted by Gasteiger charge is -2.08. The van der Waals surface area contributed by atoms with Crippen LogP contribution in [-0.4, -0.2) is 10.9 Å². The van der Waals surface area contributed by atoms with Crippen LogP contribution in [0, 0.1) is 5.82 Å². The van der Waals surface area contributed by atoms with Gasteiger partial charge in [-0.25, -0.2) is 4.39 Å². The van der Waals surface area contributed by atoms with Crippen molar-refractivity contribution in [3.05, 3.63) is 52.5 Å². The van der Waals surface area contributed by atoms with E-state index in [-0.39, 0.29) is 17.2 Å². The molecule has 18 heavy (non-hydrogen) atoms. The molecule has 0 radical (unpaired) electrons. The Balaban J connectivity index is 2.27. The summed E-state index contributed by atoms with van der Waals surface area (Å²) in [6.07, 6.45) is 3.12. The van der Waals surface area contributed by atoms with Crippen molar-refractivity contribution in [1.82, 2.24) is 4.98 Å². The first kappa shape index (κ1) is 12.5. The van der Waals surface area contributed by atoms with Crippen molar-refractivity contribution in [3.63, 3.8) is 0 Å². The summed E-state index contributed by atoms with van der Waals surface area (Å²) in [5.74, 6) is -0.942. The fourth-order valence-electron chi connectivity index (χ4n) is 1.37. The van der Waals surface area contributed by atoms with E-state index >= 15 is 0 Å². The molecule has 2 rings (SSSR count). The minimum Gasteiger partial charge on any atom is -0.396 e. The number of nitrogens with zero attached hydrogens (tertiary/aromatic N) is 1. The Bertz CT molecular complexity index is 589. The molecule has 4 nitrogen and oxygen atoms in total. The van der Waals surface area contributed by atoms with E-state index in [0.29, 0.717) is 10.2 Å². The van der Waals surface area contributed by atoms with Crippen LogP contribution in [0.3, 0.4) is 0 Å². The average Bonchev–Trinajstić information content (AvgIpc) is 2.35. The monoisotopic (exact) mass is 309 g/mol. The third-order valence-corrected chi connectivity index (χ3v) is 2.93. The highest BCUT2D eigenvalue weighted by molar-refractivity contribution is 9.10. The number of rotatable bonds is 2. The normalized spacial score (nSPS) is 10.1. The number of hydrogen-bond donors (Lipinski definition) is 2. The number of amides is 1. The number of benzene rings is 1. The molecule has 0 saturated carbocycles. The lowest BCUT2D eigenvalue weighted by atomic mass is 10.2. The molecule has 0 aliphatic carbocycles. The van der Waals surface area contributed by atoms with Crippen molar-refractivity contribution in [2.24, 2.45) is 0 Å². The molecule has 0 aliphatic heterocycles. The van der Waals surface area contributed by atoms with Crippen molar-refractivity contribution in [1.29, 1.82) is 0 Å². The molecule has 0 spiro atoms. The Hall–Kier alpha value is -1.95. The Kier molecular flexibility index (Phi) is 3.57. The number of carbonyl (C=O) groups is 1. The van der Waals surface area contributed by atoms with E-state index in [9.17, 15) is 9.18 Å². The fourth-order valence-corrected chi connectivity index (χ4v) is 1.87. The Morgan fingerprint density at radius 1 is 1.33 bits per heavy atom. The lowest BCUT2D eigenvalue weighted by molar-refractivity contribution is 0.102. The van der Waals surface area contributed by atoms with Gasteiger partial charge < -0.3 is 11.1 Å². The zero-order chi connectivity index (χ0) is 13.1. The summed E-state index contributed by atoms with van der Waals surface area (Å²) in [5, 5.41) is 2.66. The Labute approximate surface area is 111 Å². The van der Waals surface area contributed by atoms with Gasteiger partial charge in [-0.05, 0) is 40.2 Å². The molecular formula is C12H9BrFN3O. The van der Waals surface area contributed by atoms with Crippen LogP contribution in [0.5, 0.6) is 0 Å². The SMILES string of the molecule is Nc1cc(C(=O)Nc2ccncc2)c(Br)cc1F. The molecule has 1 heterocycles. The molecule has 0 fully saturated rings. The molecule has 1 amide bonds. The van der Waals surface area contributed by atoms with Crippen LogP contribution in [0.4, 0.5) is 15.8 Å². The van der Waals surface area contributed by atoms with E-state index in [0.717, 1.165) is 6.07 Å². The van der Waals surface area contributed by atoms with Crippen LogP contribution >= 0.6 is 15.9 Å². The van der Waals surface area contributed by atoms with E-state index < -0.39 is 5.82 Å². The molecule has 0 aliphatic rings. The maximum atomic E-state index is 13.2. The highest BCUT2D eigenvalue weighted by Crippen LogP contribution is 2.23. The summed E-state index contributed by atoms with van der Waals surface area (Å²) in [7, 11) is 0. The summed E-state index contributed by atoms with van der Waals surface area (Å²) < 4.78 is 13.5. The van der Waals surface area contributed by atoms with Crippen molar-refractivity contribution in [3.8, 4) is 0 Å². The first-order chi connectivity index (χ1) is 8.58. The van der Waals surface area contributed by atoms with Gasteiger partial charge in [-0.3, -0.25) is 9.78 Å². The third kappa shape index (κ3) is 2.65. The maximum Gasteiger partial charge on any atom is 0.256 e. The zero-order valence-electron chi connectivity index (χ0n) is 9.15.